The third-order valence-corrected chi connectivity index (χ3v) is 5.58. The van der Waals surface area contributed by atoms with E-state index in [1.165, 1.54) is 23.1 Å². The highest BCUT2D eigenvalue weighted by Crippen LogP contribution is 2.31. The number of methoxy groups -OCH3 is 1. The molecule has 4 aromatic rings. The SMILES string of the molecule is COc1ccc(Cl)cc1-c1nc(SCc2nc3ccsc3c(=O)[nH]2)n[nH]1. The van der Waals surface area contributed by atoms with Gasteiger partial charge in [0.1, 0.15) is 16.3 Å². The van der Waals surface area contributed by atoms with Gasteiger partial charge in [0, 0.05) is 5.02 Å². The largest absolute Gasteiger partial charge is 0.496 e. The van der Waals surface area contributed by atoms with Crippen LogP contribution < -0.4 is 10.3 Å². The van der Waals surface area contributed by atoms with Crippen LogP contribution in [0.15, 0.2) is 39.6 Å². The van der Waals surface area contributed by atoms with Gasteiger partial charge in [-0.25, -0.2) is 9.97 Å². The van der Waals surface area contributed by atoms with Crippen molar-refractivity contribution in [2.75, 3.05) is 7.11 Å². The van der Waals surface area contributed by atoms with Gasteiger partial charge in [-0.05, 0) is 29.6 Å². The van der Waals surface area contributed by atoms with Crippen LogP contribution in [0.2, 0.25) is 5.02 Å². The van der Waals surface area contributed by atoms with Gasteiger partial charge in [-0.2, -0.15) is 0 Å². The molecule has 3 heterocycles. The van der Waals surface area contributed by atoms with E-state index >= 15 is 0 Å². The lowest BCUT2D eigenvalue weighted by Gasteiger charge is -2.05. The number of thioether (sulfide) groups is 1. The molecule has 0 saturated heterocycles. The molecule has 2 N–H and O–H groups in total. The second-order valence-electron chi connectivity index (χ2n) is 5.25. The molecule has 132 valence electrons. The third-order valence-electron chi connectivity index (χ3n) is 3.58. The Hall–Kier alpha value is -2.36. The third kappa shape index (κ3) is 3.33. The van der Waals surface area contributed by atoms with Crippen molar-refractivity contribution in [3.63, 3.8) is 0 Å². The Morgan fingerprint density at radius 3 is 3.04 bits per heavy atom. The van der Waals surface area contributed by atoms with E-state index in [0.717, 1.165) is 5.56 Å². The molecule has 0 unspecified atom stereocenters. The highest BCUT2D eigenvalue weighted by molar-refractivity contribution is 7.98. The smallest absolute Gasteiger partial charge is 0.268 e. The summed E-state index contributed by atoms with van der Waals surface area (Å²) >= 11 is 8.81. The second kappa shape index (κ2) is 7.10. The molecule has 0 bridgehead atoms. The number of thiophene rings is 1. The minimum atomic E-state index is -0.125. The van der Waals surface area contributed by atoms with Crippen molar-refractivity contribution in [1.82, 2.24) is 25.1 Å². The Bertz CT molecular complexity index is 1140. The molecule has 0 saturated carbocycles. The summed E-state index contributed by atoms with van der Waals surface area (Å²) in [7, 11) is 1.58. The van der Waals surface area contributed by atoms with Crippen molar-refractivity contribution in [3.8, 4) is 17.1 Å². The van der Waals surface area contributed by atoms with E-state index < -0.39 is 0 Å². The first-order chi connectivity index (χ1) is 12.6. The molecule has 0 atom stereocenters. The number of benzene rings is 1. The lowest BCUT2D eigenvalue weighted by atomic mass is 10.2. The van der Waals surface area contributed by atoms with Crippen LogP contribution in [-0.4, -0.2) is 32.3 Å². The molecule has 0 aliphatic carbocycles. The summed E-state index contributed by atoms with van der Waals surface area (Å²) in [5, 5.41) is 10.1. The highest BCUT2D eigenvalue weighted by atomic mass is 35.5. The Balaban J connectivity index is 1.55. The molecule has 3 aromatic heterocycles. The van der Waals surface area contributed by atoms with Gasteiger partial charge in [0.25, 0.3) is 5.56 Å². The molecular formula is C16H12ClN5O2S2. The zero-order chi connectivity index (χ0) is 18.1. The molecule has 10 heteroatoms. The summed E-state index contributed by atoms with van der Waals surface area (Å²) in [4.78, 5) is 23.7. The van der Waals surface area contributed by atoms with Crippen molar-refractivity contribution in [1.29, 1.82) is 0 Å². The van der Waals surface area contributed by atoms with Crippen molar-refractivity contribution >= 4 is 44.9 Å². The Kier molecular flexibility index (Phi) is 4.66. The normalized spacial score (nSPS) is 11.2. The number of rotatable bonds is 5. The summed E-state index contributed by atoms with van der Waals surface area (Å²) in [6, 6.07) is 7.12. The number of nitrogens with zero attached hydrogens (tertiary/aromatic N) is 3. The maximum Gasteiger partial charge on any atom is 0.268 e. The van der Waals surface area contributed by atoms with Crippen LogP contribution in [0.5, 0.6) is 5.75 Å². The maximum atomic E-state index is 12.0. The standard InChI is InChI=1S/C16H12ClN5O2S2/c1-24-11-3-2-8(17)6-9(11)14-20-16(22-21-14)26-7-12-18-10-4-5-25-13(10)15(23)19-12/h2-6H,7H2,1H3,(H,18,19,23)(H,20,21,22). The molecule has 0 amide bonds. The van der Waals surface area contributed by atoms with Crippen molar-refractivity contribution in [3.05, 3.63) is 50.8 Å². The van der Waals surface area contributed by atoms with E-state index in [1.54, 1.807) is 25.3 Å². The van der Waals surface area contributed by atoms with Gasteiger partial charge in [-0.3, -0.25) is 9.89 Å². The van der Waals surface area contributed by atoms with E-state index in [-0.39, 0.29) is 5.56 Å². The lowest BCUT2D eigenvalue weighted by molar-refractivity contribution is 0.416. The molecule has 0 aliphatic rings. The molecular weight excluding hydrogens is 394 g/mol. The Morgan fingerprint density at radius 2 is 2.19 bits per heavy atom. The van der Waals surface area contributed by atoms with Crippen LogP contribution in [0.4, 0.5) is 0 Å². The summed E-state index contributed by atoms with van der Waals surface area (Å²) in [6.45, 7) is 0. The fraction of sp³-hybridized carbons (Fsp3) is 0.125. The number of fused-ring (bicyclic) bond motifs is 1. The molecule has 0 aliphatic heterocycles. The molecule has 0 radical (unpaired) electrons. The minimum absolute atomic E-state index is 0.125. The fourth-order valence-electron chi connectivity index (χ4n) is 2.42. The van der Waals surface area contributed by atoms with Crippen LogP contribution in [-0.2, 0) is 5.75 Å². The van der Waals surface area contributed by atoms with E-state index in [9.17, 15) is 4.79 Å². The van der Waals surface area contributed by atoms with Crippen molar-refractivity contribution in [2.24, 2.45) is 0 Å². The molecule has 1 aromatic carbocycles. The number of aromatic nitrogens is 5. The number of hydrogen-bond donors (Lipinski definition) is 2. The van der Waals surface area contributed by atoms with Gasteiger partial charge in [-0.15, -0.1) is 16.4 Å². The zero-order valence-corrected chi connectivity index (χ0v) is 15.8. The molecule has 26 heavy (non-hydrogen) atoms. The molecule has 0 fully saturated rings. The van der Waals surface area contributed by atoms with Crippen LogP contribution in [0, 0.1) is 0 Å². The highest BCUT2D eigenvalue weighted by Gasteiger charge is 2.13. The minimum Gasteiger partial charge on any atom is -0.496 e. The monoisotopic (exact) mass is 405 g/mol. The fourth-order valence-corrected chi connectivity index (χ4v) is 3.99. The molecule has 7 nitrogen and oxygen atoms in total. The number of nitrogens with one attached hydrogen (secondary N) is 2. The van der Waals surface area contributed by atoms with Crippen LogP contribution in [0.3, 0.4) is 0 Å². The van der Waals surface area contributed by atoms with E-state index in [1.807, 2.05) is 11.4 Å². The van der Waals surface area contributed by atoms with Crippen molar-refractivity contribution < 1.29 is 4.74 Å². The van der Waals surface area contributed by atoms with Gasteiger partial charge in [-0.1, -0.05) is 23.4 Å². The van der Waals surface area contributed by atoms with Crippen LogP contribution in [0.1, 0.15) is 5.82 Å². The van der Waals surface area contributed by atoms with Gasteiger partial charge in [0.2, 0.25) is 5.16 Å². The van der Waals surface area contributed by atoms with Gasteiger partial charge in [0.15, 0.2) is 5.82 Å². The first-order valence-corrected chi connectivity index (χ1v) is 9.74. The summed E-state index contributed by atoms with van der Waals surface area (Å²) < 4.78 is 5.97. The van der Waals surface area contributed by atoms with Gasteiger partial charge < -0.3 is 9.72 Å². The topological polar surface area (TPSA) is 96.6 Å². The number of aromatic amines is 2. The van der Waals surface area contributed by atoms with Gasteiger partial charge >= 0.3 is 0 Å². The van der Waals surface area contributed by atoms with E-state index in [0.29, 0.717) is 43.5 Å². The number of hydrogen-bond acceptors (Lipinski definition) is 7. The van der Waals surface area contributed by atoms with Gasteiger partial charge in [0.05, 0.1) is 23.9 Å². The average molecular weight is 406 g/mol. The first-order valence-electron chi connectivity index (χ1n) is 7.49. The second-order valence-corrected chi connectivity index (χ2v) is 7.54. The van der Waals surface area contributed by atoms with Crippen LogP contribution in [0.25, 0.3) is 21.6 Å². The Morgan fingerprint density at radius 1 is 1.31 bits per heavy atom. The molecule has 4 rings (SSSR count). The summed E-state index contributed by atoms with van der Waals surface area (Å²) in [6.07, 6.45) is 0. The number of H-pyrrole nitrogens is 2. The Labute approximate surface area is 160 Å². The zero-order valence-electron chi connectivity index (χ0n) is 13.4. The number of halogens is 1. The quantitative estimate of drug-likeness (QED) is 0.491. The van der Waals surface area contributed by atoms with E-state index in [4.69, 9.17) is 16.3 Å². The number of ether oxygens (including phenoxy) is 1. The maximum absolute atomic E-state index is 12.0. The summed E-state index contributed by atoms with van der Waals surface area (Å²) in [5.41, 5.74) is 1.30. The molecule has 0 spiro atoms. The lowest BCUT2D eigenvalue weighted by Crippen LogP contribution is -2.09. The first kappa shape index (κ1) is 17.1. The predicted octanol–water partition coefficient (Wildman–Crippen LogP) is 3.72. The predicted molar refractivity (Wildman–Crippen MR) is 103 cm³/mol. The van der Waals surface area contributed by atoms with Crippen molar-refractivity contribution in [2.45, 2.75) is 10.9 Å². The summed E-state index contributed by atoms with van der Waals surface area (Å²) in [5.74, 6) is 2.24. The van der Waals surface area contributed by atoms with E-state index in [2.05, 4.69) is 25.1 Å². The van der Waals surface area contributed by atoms with Crippen LogP contribution >= 0.6 is 34.7 Å². The average Bonchev–Trinajstić information content (AvgIpc) is 3.29.